The molecular weight excluding hydrogens is 242 g/mol. The fourth-order valence-electron chi connectivity index (χ4n) is 1.40. The summed E-state index contributed by atoms with van der Waals surface area (Å²) in [5.74, 6) is 0.183. The molecule has 0 saturated heterocycles. The van der Waals surface area contributed by atoms with Crippen LogP contribution in [0.25, 0.3) is 0 Å². The van der Waals surface area contributed by atoms with Gasteiger partial charge in [-0.3, -0.25) is 0 Å². The van der Waals surface area contributed by atoms with Gasteiger partial charge in [0, 0.05) is 10.6 Å². The predicted molar refractivity (Wildman–Crippen MR) is 66.3 cm³/mol. The smallest absolute Gasteiger partial charge is 0.344 e. The first-order valence-electron chi connectivity index (χ1n) is 5.45. The summed E-state index contributed by atoms with van der Waals surface area (Å²) in [6, 6.07) is 5.29. The van der Waals surface area contributed by atoms with E-state index in [4.69, 9.17) is 26.8 Å². The second-order valence-electron chi connectivity index (χ2n) is 3.35. The average molecular weight is 258 g/mol. The van der Waals surface area contributed by atoms with Crippen LogP contribution in [0.5, 0.6) is 5.75 Å². The molecule has 0 fully saturated rings. The lowest BCUT2D eigenvalue weighted by atomic mass is 10.1. The number of hydrogen-bond acceptors (Lipinski definition) is 4. The van der Waals surface area contributed by atoms with Crippen LogP contribution in [0.2, 0.25) is 5.02 Å². The van der Waals surface area contributed by atoms with Crippen molar-refractivity contribution in [2.45, 2.75) is 13.3 Å². The Morgan fingerprint density at radius 1 is 1.47 bits per heavy atom. The second kappa shape index (κ2) is 7.14. The number of hydrogen-bond donors (Lipinski definition) is 1. The van der Waals surface area contributed by atoms with E-state index in [2.05, 4.69) is 0 Å². The average Bonchev–Trinajstić information content (AvgIpc) is 2.30. The highest BCUT2D eigenvalue weighted by Crippen LogP contribution is 2.26. The van der Waals surface area contributed by atoms with Crippen molar-refractivity contribution >= 4 is 17.6 Å². The van der Waals surface area contributed by atoms with Gasteiger partial charge in [-0.25, -0.2) is 4.79 Å². The molecule has 4 nitrogen and oxygen atoms in total. The van der Waals surface area contributed by atoms with Gasteiger partial charge in [-0.15, -0.1) is 0 Å². The zero-order valence-corrected chi connectivity index (χ0v) is 10.5. The zero-order chi connectivity index (χ0) is 12.7. The number of ether oxygens (including phenoxy) is 2. The lowest BCUT2D eigenvalue weighted by Crippen LogP contribution is -2.15. The lowest BCUT2D eigenvalue weighted by Gasteiger charge is -2.11. The highest BCUT2D eigenvalue weighted by molar-refractivity contribution is 6.31. The Bertz CT molecular complexity index is 382. The van der Waals surface area contributed by atoms with Gasteiger partial charge in [0.05, 0.1) is 6.61 Å². The first-order valence-corrected chi connectivity index (χ1v) is 5.82. The fourth-order valence-corrected chi connectivity index (χ4v) is 1.66. The summed E-state index contributed by atoms with van der Waals surface area (Å²) in [5.41, 5.74) is 6.32. The lowest BCUT2D eigenvalue weighted by molar-refractivity contribution is -0.145. The number of carbonyl (C=O) groups excluding carboxylic acids is 1. The van der Waals surface area contributed by atoms with E-state index in [9.17, 15) is 4.79 Å². The summed E-state index contributed by atoms with van der Waals surface area (Å²) in [5, 5.41) is 0.594. The summed E-state index contributed by atoms with van der Waals surface area (Å²) in [7, 11) is 0. The molecule has 17 heavy (non-hydrogen) atoms. The molecule has 1 aromatic rings. The Morgan fingerprint density at radius 2 is 2.24 bits per heavy atom. The molecule has 0 aliphatic rings. The van der Waals surface area contributed by atoms with Gasteiger partial charge in [0.1, 0.15) is 5.75 Å². The minimum atomic E-state index is -0.397. The topological polar surface area (TPSA) is 61.5 Å². The molecule has 2 N–H and O–H groups in total. The van der Waals surface area contributed by atoms with Crippen LogP contribution in [-0.2, 0) is 16.0 Å². The SMILES string of the molecule is CCOC(=O)COc1cccc(Cl)c1CCN. The first-order chi connectivity index (χ1) is 8.19. The Morgan fingerprint density at radius 3 is 2.88 bits per heavy atom. The van der Waals surface area contributed by atoms with E-state index in [1.54, 1.807) is 25.1 Å². The molecule has 1 aromatic carbocycles. The molecule has 0 amide bonds. The quantitative estimate of drug-likeness (QED) is 0.789. The third-order valence-corrected chi connectivity index (χ3v) is 2.48. The van der Waals surface area contributed by atoms with Crippen LogP contribution < -0.4 is 10.5 Å². The van der Waals surface area contributed by atoms with Crippen LogP contribution in [-0.4, -0.2) is 25.7 Å². The van der Waals surface area contributed by atoms with Crippen molar-refractivity contribution in [2.24, 2.45) is 5.73 Å². The van der Waals surface area contributed by atoms with E-state index in [-0.39, 0.29) is 6.61 Å². The largest absolute Gasteiger partial charge is 0.482 e. The maximum atomic E-state index is 11.2. The number of carbonyl (C=O) groups is 1. The molecule has 0 aliphatic heterocycles. The maximum absolute atomic E-state index is 11.2. The number of nitrogens with two attached hydrogens (primary N) is 1. The standard InChI is InChI=1S/C12H16ClNO3/c1-2-16-12(15)8-17-11-5-3-4-10(13)9(11)6-7-14/h3-5H,2,6-8,14H2,1H3. The minimum Gasteiger partial charge on any atom is -0.482 e. The van der Waals surface area contributed by atoms with Crippen molar-refractivity contribution in [1.29, 1.82) is 0 Å². The van der Waals surface area contributed by atoms with Gasteiger partial charge in [-0.05, 0) is 32.0 Å². The molecule has 0 aromatic heterocycles. The van der Waals surface area contributed by atoms with Gasteiger partial charge in [0.15, 0.2) is 6.61 Å². The molecule has 1 rings (SSSR count). The summed E-state index contributed by atoms with van der Waals surface area (Å²) in [4.78, 5) is 11.2. The fraction of sp³-hybridized carbons (Fsp3) is 0.417. The van der Waals surface area contributed by atoms with Crippen LogP contribution in [0, 0.1) is 0 Å². The Hall–Kier alpha value is -1.26. The van der Waals surface area contributed by atoms with Gasteiger partial charge in [0.25, 0.3) is 0 Å². The third kappa shape index (κ3) is 4.24. The monoisotopic (exact) mass is 257 g/mol. The van der Waals surface area contributed by atoms with E-state index >= 15 is 0 Å². The molecule has 0 radical (unpaired) electrons. The molecule has 0 saturated carbocycles. The molecule has 0 bridgehead atoms. The van der Waals surface area contributed by atoms with E-state index in [1.165, 1.54) is 0 Å². The summed E-state index contributed by atoms with van der Waals surface area (Å²) in [6.07, 6.45) is 0.609. The maximum Gasteiger partial charge on any atom is 0.344 e. The summed E-state index contributed by atoms with van der Waals surface area (Å²) < 4.78 is 10.1. The third-order valence-electron chi connectivity index (χ3n) is 2.12. The number of halogens is 1. The molecule has 0 spiro atoms. The molecule has 0 heterocycles. The number of esters is 1. The number of benzene rings is 1. The van der Waals surface area contributed by atoms with Crippen molar-refractivity contribution in [2.75, 3.05) is 19.8 Å². The minimum absolute atomic E-state index is 0.119. The van der Waals surface area contributed by atoms with Crippen LogP contribution in [0.1, 0.15) is 12.5 Å². The molecule has 0 unspecified atom stereocenters. The Labute approximate surface area is 106 Å². The van der Waals surface area contributed by atoms with Gasteiger partial charge in [-0.2, -0.15) is 0 Å². The van der Waals surface area contributed by atoms with E-state index < -0.39 is 5.97 Å². The summed E-state index contributed by atoms with van der Waals surface area (Å²) >= 11 is 6.03. The zero-order valence-electron chi connectivity index (χ0n) is 9.74. The van der Waals surface area contributed by atoms with Crippen LogP contribution in [0.3, 0.4) is 0 Å². The Balaban J connectivity index is 2.69. The van der Waals surface area contributed by atoms with Crippen LogP contribution in [0.4, 0.5) is 0 Å². The van der Waals surface area contributed by atoms with Crippen molar-refractivity contribution in [3.05, 3.63) is 28.8 Å². The van der Waals surface area contributed by atoms with Crippen molar-refractivity contribution < 1.29 is 14.3 Å². The predicted octanol–water partition coefficient (Wildman–Crippen LogP) is 1.78. The van der Waals surface area contributed by atoms with E-state index in [0.717, 1.165) is 5.56 Å². The highest BCUT2D eigenvalue weighted by Gasteiger charge is 2.09. The normalized spacial score (nSPS) is 10.1. The molecule has 0 aliphatic carbocycles. The first kappa shape index (κ1) is 13.8. The highest BCUT2D eigenvalue weighted by atomic mass is 35.5. The van der Waals surface area contributed by atoms with E-state index in [1.807, 2.05) is 0 Å². The summed E-state index contributed by atoms with van der Waals surface area (Å²) in [6.45, 7) is 2.44. The molecule has 0 atom stereocenters. The molecule has 94 valence electrons. The van der Waals surface area contributed by atoms with Crippen molar-refractivity contribution in [3.8, 4) is 5.75 Å². The Kier molecular flexibility index (Phi) is 5.80. The van der Waals surface area contributed by atoms with Gasteiger partial charge in [0.2, 0.25) is 0 Å². The van der Waals surface area contributed by atoms with Gasteiger partial charge >= 0.3 is 5.97 Å². The van der Waals surface area contributed by atoms with Gasteiger partial charge in [-0.1, -0.05) is 17.7 Å². The van der Waals surface area contributed by atoms with E-state index in [0.29, 0.717) is 30.3 Å². The van der Waals surface area contributed by atoms with Crippen LogP contribution in [0.15, 0.2) is 18.2 Å². The van der Waals surface area contributed by atoms with Crippen molar-refractivity contribution in [3.63, 3.8) is 0 Å². The second-order valence-corrected chi connectivity index (χ2v) is 3.76. The molecular formula is C12H16ClNO3. The van der Waals surface area contributed by atoms with Crippen LogP contribution >= 0.6 is 11.6 Å². The number of rotatable bonds is 6. The van der Waals surface area contributed by atoms with Crippen molar-refractivity contribution in [1.82, 2.24) is 0 Å². The van der Waals surface area contributed by atoms with Gasteiger partial charge < -0.3 is 15.2 Å². The molecule has 5 heteroatoms.